The molecule has 0 bridgehead atoms. The maximum atomic E-state index is 11.6. The summed E-state index contributed by atoms with van der Waals surface area (Å²) >= 11 is 0. The Balaban J connectivity index is 1.84. The average molecular weight is 180 g/mol. The molecule has 0 saturated heterocycles. The fourth-order valence-electron chi connectivity index (χ4n) is 1.41. The van der Waals surface area contributed by atoms with E-state index < -0.39 is 0 Å². The summed E-state index contributed by atoms with van der Waals surface area (Å²) in [4.78, 5) is 13.5. The molecule has 0 spiro atoms. The Bertz CT molecular complexity index is 219. The number of nitrogens with one attached hydrogen (secondary N) is 1. The summed E-state index contributed by atoms with van der Waals surface area (Å²) in [5, 5.41) is 3.00. The van der Waals surface area contributed by atoms with Crippen LogP contribution in [0.2, 0.25) is 0 Å². The first-order chi connectivity index (χ1) is 6.31. The maximum absolute atomic E-state index is 11.6. The fraction of sp³-hybridized carbons (Fsp3) is 0.700. The second-order valence-electron chi connectivity index (χ2n) is 3.90. The molecule has 72 valence electrons. The predicted molar refractivity (Wildman–Crippen MR) is 51.5 cm³/mol. The molecule has 0 aromatic carbocycles. The lowest BCUT2D eigenvalue weighted by molar-refractivity contribution is 0.200. The van der Waals surface area contributed by atoms with E-state index in [0.29, 0.717) is 18.6 Å². The zero-order valence-electron chi connectivity index (χ0n) is 7.83. The normalized spacial score (nSPS) is 20.9. The molecule has 0 heterocycles. The second-order valence-corrected chi connectivity index (χ2v) is 3.90. The molecule has 0 radical (unpaired) electrons. The highest BCUT2D eigenvalue weighted by Crippen LogP contribution is 2.27. The van der Waals surface area contributed by atoms with Crippen LogP contribution >= 0.6 is 0 Å². The summed E-state index contributed by atoms with van der Waals surface area (Å²) in [6.07, 6.45) is 6.42. The van der Waals surface area contributed by atoms with Crippen molar-refractivity contribution in [1.29, 1.82) is 0 Å². The van der Waals surface area contributed by atoms with Crippen molar-refractivity contribution in [3.63, 3.8) is 0 Å². The molecule has 0 unspecified atom stereocenters. The summed E-state index contributed by atoms with van der Waals surface area (Å²) in [7, 11) is 0. The van der Waals surface area contributed by atoms with Gasteiger partial charge in [0.05, 0.1) is 0 Å². The molecule has 3 nitrogen and oxygen atoms in total. The van der Waals surface area contributed by atoms with E-state index in [1.54, 1.807) is 6.08 Å². The van der Waals surface area contributed by atoms with Gasteiger partial charge in [0, 0.05) is 18.6 Å². The van der Waals surface area contributed by atoms with Gasteiger partial charge in [-0.1, -0.05) is 6.08 Å². The highest BCUT2D eigenvalue weighted by Gasteiger charge is 2.34. The molecule has 1 N–H and O–H groups in total. The number of amides is 2. The van der Waals surface area contributed by atoms with Gasteiger partial charge in [0.1, 0.15) is 0 Å². The van der Waals surface area contributed by atoms with Crippen LogP contribution in [0.3, 0.4) is 0 Å². The number of carbonyl (C=O) groups is 1. The molecule has 0 atom stereocenters. The second kappa shape index (κ2) is 3.40. The van der Waals surface area contributed by atoms with Gasteiger partial charge in [-0.15, -0.1) is 6.58 Å². The third-order valence-corrected chi connectivity index (χ3v) is 2.48. The van der Waals surface area contributed by atoms with E-state index >= 15 is 0 Å². The largest absolute Gasteiger partial charge is 0.335 e. The third kappa shape index (κ3) is 2.23. The van der Waals surface area contributed by atoms with E-state index in [2.05, 4.69) is 11.9 Å². The molecule has 2 fully saturated rings. The van der Waals surface area contributed by atoms with E-state index in [1.165, 1.54) is 0 Å². The molecular formula is C10H16N2O. The van der Waals surface area contributed by atoms with Gasteiger partial charge >= 0.3 is 6.03 Å². The fourth-order valence-corrected chi connectivity index (χ4v) is 1.41. The minimum Gasteiger partial charge on any atom is -0.335 e. The summed E-state index contributed by atoms with van der Waals surface area (Å²) in [5.41, 5.74) is 0. The van der Waals surface area contributed by atoms with Crippen LogP contribution in [0.15, 0.2) is 12.7 Å². The van der Waals surface area contributed by atoms with Crippen molar-refractivity contribution in [2.45, 2.75) is 37.8 Å². The number of rotatable bonds is 4. The Kier molecular flexibility index (Phi) is 2.25. The van der Waals surface area contributed by atoms with Crippen molar-refractivity contribution in [3.8, 4) is 0 Å². The Morgan fingerprint density at radius 2 is 2.15 bits per heavy atom. The lowest BCUT2D eigenvalue weighted by atomic mass is 10.4. The van der Waals surface area contributed by atoms with Crippen molar-refractivity contribution >= 4 is 6.03 Å². The van der Waals surface area contributed by atoms with Gasteiger partial charge < -0.3 is 10.2 Å². The van der Waals surface area contributed by atoms with E-state index in [9.17, 15) is 4.79 Å². The van der Waals surface area contributed by atoms with E-state index in [1.807, 2.05) is 4.90 Å². The third-order valence-electron chi connectivity index (χ3n) is 2.48. The lowest BCUT2D eigenvalue weighted by Gasteiger charge is -2.20. The Morgan fingerprint density at radius 3 is 2.62 bits per heavy atom. The summed E-state index contributed by atoms with van der Waals surface area (Å²) in [6, 6.07) is 1.04. The van der Waals surface area contributed by atoms with Crippen molar-refractivity contribution < 1.29 is 4.79 Å². The van der Waals surface area contributed by atoms with Crippen LogP contribution < -0.4 is 5.32 Å². The molecular weight excluding hydrogens is 164 g/mol. The highest BCUT2D eigenvalue weighted by molar-refractivity contribution is 5.75. The first-order valence-electron chi connectivity index (χ1n) is 4.99. The van der Waals surface area contributed by atoms with Gasteiger partial charge in [-0.3, -0.25) is 0 Å². The molecule has 13 heavy (non-hydrogen) atoms. The van der Waals surface area contributed by atoms with Gasteiger partial charge in [0.25, 0.3) is 0 Å². The van der Waals surface area contributed by atoms with Gasteiger partial charge in [0.15, 0.2) is 0 Å². The topological polar surface area (TPSA) is 32.3 Å². The van der Waals surface area contributed by atoms with Crippen LogP contribution in [0.4, 0.5) is 4.79 Å². The van der Waals surface area contributed by atoms with Crippen LogP contribution in [-0.4, -0.2) is 29.6 Å². The molecule has 2 amide bonds. The highest BCUT2D eigenvalue weighted by atomic mass is 16.2. The maximum Gasteiger partial charge on any atom is 0.318 e. The zero-order chi connectivity index (χ0) is 9.26. The molecule has 0 aromatic heterocycles. The van der Waals surface area contributed by atoms with Crippen molar-refractivity contribution in [2.24, 2.45) is 0 Å². The first kappa shape index (κ1) is 8.60. The lowest BCUT2D eigenvalue weighted by Crippen LogP contribution is -2.42. The summed E-state index contributed by atoms with van der Waals surface area (Å²) in [5.74, 6) is 0. The first-order valence-corrected chi connectivity index (χ1v) is 4.99. The van der Waals surface area contributed by atoms with E-state index in [4.69, 9.17) is 0 Å². The number of nitrogens with zero attached hydrogens (tertiary/aromatic N) is 1. The minimum atomic E-state index is 0.102. The van der Waals surface area contributed by atoms with Gasteiger partial charge in [-0.2, -0.15) is 0 Å². The Hall–Kier alpha value is -0.990. The minimum absolute atomic E-state index is 0.102. The molecule has 2 aliphatic rings. The SMILES string of the molecule is C=CCN(C(=O)NC1CC1)C1CC1. The Morgan fingerprint density at radius 1 is 1.46 bits per heavy atom. The molecule has 2 aliphatic carbocycles. The smallest absolute Gasteiger partial charge is 0.318 e. The number of hydrogen-bond acceptors (Lipinski definition) is 1. The van der Waals surface area contributed by atoms with Crippen LogP contribution in [0, 0.1) is 0 Å². The summed E-state index contributed by atoms with van der Waals surface area (Å²) < 4.78 is 0. The predicted octanol–water partition coefficient (Wildman–Crippen LogP) is 1.51. The number of urea groups is 1. The van der Waals surface area contributed by atoms with E-state index in [0.717, 1.165) is 25.7 Å². The standard InChI is InChI=1S/C10H16N2O/c1-2-7-12(9-5-6-9)10(13)11-8-3-4-8/h2,8-9H,1,3-7H2,(H,11,13). The van der Waals surface area contributed by atoms with Crippen LogP contribution in [0.25, 0.3) is 0 Å². The molecule has 2 saturated carbocycles. The molecule has 2 rings (SSSR count). The van der Waals surface area contributed by atoms with E-state index in [-0.39, 0.29) is 6.03 Å². The number of carbonyl (C=O) groups excluding carboxylic acids is 1. The molecule has 0 aliphatic heterocycles. The summed E-state index contributed by atoms with van der Waals surface area (Å²) in [6.45, 7) is 4.35. The number of hydrogen-bond donors (Lipinski definition) is 1. The molecule has 0 aromatic rings. The van der Waals surface area contributed by atoms with Crippen LogP contribution in [0.5, 0.6) is 0 Å². The van der Waals surface area contributed by atoms with Crippen molar-refractivity contribution in [1.82, 2.24) is 10.2 Å². The Labute approximate surface area is 78.8 Å². The van der Waals surface area contributed by atoms with Crippen molar-refractivity contribution in [2.75, 3.05) is 6.54 Å². The van der Waals surface area contributed by atoms with Gasteiger partial charge in [0.2, 0.25) is 0 Å². The monoisotopic (exact) mass is 180 g/mol. The van der Waals surface area contributed by atoms with Crippen molar-refractivity contribution in [3.05, 3.63) is 12.7 Å². The quantitative estimate of drug-likeness (QED) is 0.653. The molecule has 3 heteroatoms. The van der Waals surface area contributed by atoms with Gasteiger partial charge in [-0.05, 0) is 25.7 Å². The van der Waals surface area contributed by atoms with Crippen LogP contribution in [-0.2, 0) is 0 Å². The average Bonchev–Trinajstić information content (AvgIpc) is 2.92. The van der Waals surface area contributed by atoms with Gasteiger partial charge in [-0.25, -0.2) is 4.79 Å². The zero-order valence-corrected chi connectivity index (χ0v) is 7.83. The van der Waals surface area contributed by atoms with Crippen LogP contribution in [0.1, 0.15) is 25.7 Å².